The van der Waals surface area contributed by atoms with Crippen LogP contribution in [0.4, 0.5) is 10.2 Å². The summed E-state index contributed by atoms with van der Waals surface area (Å²) in [6, 6.07) is 9.29. The number of anilines is 1. The molecule has 1 aliphatic heterocycles. The number of fused-ring (bicyclic) bond motifs is 2. The maximum absolute atomic E-state index is 14.3. The van der Waals surface area contributed by atoms with E-state index < -0.39 is 0 Å². The minimum absolute atomic E-state index is 0.00705. The summed E-state index contributed by atoms with van der Waals surface area (Å²) in [5.41, 5.74) is 6.64. The fourth-order valence-corrected chi connectivity index (χ4v) is 5.00. The van der Waals surface area contributed by atoms with Crippen molar-refractivity contribution < 1.29 is 4.39 Å². The molecule has 1 aromatic carbocycles. The molecule has 0 amide bonds. The van der Waals surface area contributed by atoms with Gasteiger partial charge in [0.15, 0.2) is 5.65 Å². The van der Waals surface area contributed by atoms with Crippen LogP contribution in [0.3, 0.4) is 0 Å². The smallest absolute Gasteiger partial charge is 0.157 e. The van der Waals surface area contributed by atoms with Gasteiger partial charge < -0.3 is 15.1 Å². The average Bonchev–Trinajstić information content (AvgIpc) is 3.61. The first-order valence-corrected chi connectivity index (χ1v) is 12.6. The molecule has 6 nitrogen and oxygen atoms in total. The number of aryl methyl sites for hydroxylation is 1. The van der Waals surface area contributed by atoms with E-state index in [1.807, 2.05) is 17.6 Å². The molecular weight excluding hydrogens is 439 g/mol. The maximum atomic E-state index is 14.3. The number of halogens is 1. The normalized spacial score (nSPS) is 19.8. The molecule has 5 rings (SSSR count). The van der Waals surface area contributed by atoms with Crippen molar-refractivity contribution in [1.82, 2.24) is 24.8 Å². The summed E-state index contributed by atoms with van der Waals surface area (Å²) in [5, 5.41) is 8.50. The number of nitrogens with one attached hydrogen (secondary N) is 1. The van der Waals surface area contributed by atoms with Gasteiger partial charge >= 0.3 is 0 Å². The average molecular weight is 475 g/mol. The Bertz CT molecular complexity index is 1270. The number of nitrogens with zero attached hydrogens (tertiary/aromatic N) is 5. The summed E-state index contributed by atoms with van der Waals surface area (Å²) in [4.78, 5) is 9.35. The topological polar surface area (TPSA) is 48.7 Å². The second-order valence-electron chi connectivity index (χ2n) is 9.89. The van der Waals surface area contributed by atoms with Crippen molar-refractivity contribution in [2.24, 2.45) is 0 Å². The second-order valence-corrected chi connectivity index (χ2v) is 9.89. The van der Waals surface area contributed by atoms with Gasteiger partial charge in [0.25, 0.3) is 0 Å². The van der Waals surface area contributed by atoms with Crippen molar-refractivity contribution in [2.45, 2.75) is 51.0 Å². The lowest BCUT2D eigenvalue weighted by molar-refractivity contribution is 0.338. The minimum atomic E-state index is -0.255. The molecule has 3 aromatic rings. The third-order valence-corrected chi connectivity index (χ3v) is 7.36. The number of likely N-dealkylation sites (N-methyl/N-ethyl adjacent to an activating group) is 1. The lowest BCUT2D eigenvalue weighted by atomic mass is 9.98. The first-order valence-electron chi connectivity index (χ1n) is 12.6. The van der Waals surface area contributed by atoms with E-state index in [1.54, 1.807) is 6.07 Å². The first-order chi connectivity index (χ1) is 16.9. The van der Waals surface area contributed by atoms with E-state index in [-0.39, 0.29) is 11.9 Å². The Hall–Kier alpha value is -3.35. The van der Waals surface area contributed by atoms with Crippen LogP contribution in [0.1, 0.15) is 67.1 Å². The molecule has 35 heavy (non-hydrogen) atoms. The number of benzene rings is 1. The molecule has 7 heteroatoms. The molecule has 1 fully saturated rings. The zero-order valence-electron chi connectivity index (χ0n) is 21.0. The molecule has 0 radical (unpaired) electrons. The summed E-state index contributed by atoms with van der Waals surface area (Å²) >= 11 is 0. The van der Waals surface area contributed by atoms with Crippen LogP contribution >= 0.6 is 0 Å². The largest absolute Gasteiger partial charge is 0.387 e. The van der Waals surface area contributed by atoms with Gasteiger partial charge in [-0.1, -0.05) is 26.1 Å². The quantitative estimate of drug-likeness (QED) is 0.547. The standard InChI is InChI=1S/C28H35FN6/c1-6-26-25-16-27-31-24(21-9-10-21)17-28(35(27)32-25)33(4)14-13-30-18(2)7-8-20-11-12-22(29)15-23(20)19(3)34(26)5/h11-12,15-17,21,26,30H,2-3,6-10,13-14H2,1,4-5H3. The van der Waals surface area contributed by atoms with E-state index in [4.69, 9.17) is 10.1 Å². The first kappa shape index (κ1) is 23.4. The van der Waals surface area contributed by atoms with Crippen molar-refractivity contribution in [1.29, 1.82) is 0 Å². The van der Waals surface area contributed by atoms with Crippen molar-refractivity contribution in [3.05, 3.63) is 77.5 Å². The Kier molecular flexibility index (Phi) is 6.26. The van der Waals surface area contributed by atoms with Crippen LogP contribution < -0.4 is 10.2 Å². The number of aromatic nitrogens is 3. The van der Waals surface area contributed by atoms with Crippen LogP contribution in [-0.2, 0) is 6.42 Å². The van der Waals surface area contributed by atoms with Crippen LogP contribution in [0.15, 0.2) is 49.2 Å². The zero-order valence-corrected chi connectivity index (χ0v) is 21.0. The molecule has 1 unspecified atom stereocenters. The van der Waals surface area contributed by atoms with Crippen molar-refractivity contribution in [3.63, 3.8) is 0 Å². The van der Waals surface area contributed by atoms with Gasteiger partial charge in [0.1, 0.15) is 11.6 Å². The minimum Gasteiger partial charge on any atom is -0.387 e. The fraction of sp³-hybridized carbons (Fsp3) is 0.429. The van der Waals surface area contributed by atoms with E-state index in [0.29, 0.717) is 5.92 Å². The van der Waals surface area contributed by atoms with Crippen molar-refractivity contribution in [2.75, 3.05) is 32.1 Å². The van der Waals surface area contributed by atoms with E-state index in [1.165, 1.54) is 18.9 Å². The highest BCUT2D eigenvalue weighted by molar-refractivity contribution is 5.66. The summed E-state index contributed by atoms with van der Waals surface area (Å²) < 4.78 is 16.3. The van der Waals surface area contributed by atoms with Gasteiger partial charge in [-0.25, -0.2) is 9.37 Å². The predicted molar refractivity (Wildman–Crippen MR) is 140 cm³/mol. The highest BCUT2D eigenvalue weighted by Gasteiger charge is 2.28. The molecule has 1 atom stereocenters. The fourth-order valence-electron chi connectivity index (χ4n) is 5.00. The number of hydrogen-bond acceptors (Lipinski definition) is 5. The van der Waals surface area contributed by atoms with Gasteiger partial charge in [-0.3, -0.25) is 0 Å². The van der Waals surface area contributed by atoms with Crippen LogP contribution in [0.2, 0.25) is 0 Å². The molecule has 2 aliphatic rings. The SMILES string of the molecule is C=C1CCc2ccc(F)cc2C(=C)N(C)C(CC)c2cc3nc(C4CC4)cc(n3n2)N(C)CCN1. The van der Waals surface area contributed by atoms with E-state index in [0.717, 1.165) is 77.7 Å². The molecule has 1 aliphatic carbocycles. The summed E-state index contributed by atoms with van der Waals surface area (Å²) in [6.07, 6.45) is 4.78. The third-order valence-electron chi connectivity index (χ3n) is 7.36. The molecule has 3 heterocycles. The summed E-state index contributed by atoms with van der Waals surface area (Å²) in [5.74, 6) is 1.34. The van der Waals surface area contributed by atoms with E-state index >= 15 is 0 Å². The van der Waals surface area contributed by atoms with Gasteiger partial charge in [-0.2, -0.15) is 9.61 Å². The third kappa shape index (κ3) is 4.64. The Morgan fingerprint density at radius 2 is 1.89 bits per heavy atom. The monoisotopic (exact) mass is 474 g/mol. The number of rotatable bonds is 2. The number of hydrogen-bond donors (Lipinski definition) is 1. The lowest BCUT2D eigenvalue weighted by Crippen LogP contribution is -2.30. The summed E-state index contributed by atoms with van der Waals surface area (Å²) in [6.45, 7) is 12.3. The molecule has 2 bridgehead atoms. The Labute approximate surface area is 207 Å². The molecule has 184 valence electrons. The van der Waals surface area contributed by atoms with Crippen LogP contribution in [-0.4, -0.2) is 46.7 Å². The molecule has 2 aromatic heterocycles. The molecule has 1 saturated carbocycles. The van der Waals surface area contributed by atoms with E-state index in [9.17, 15) is 4.39 Å². The molecule has 0 spiro atoms. The lowest BCUT2D eigenvalue weighted by Gasteiger charge is -2.31. The van der Waals surface area contributed by atoms with Crippen LogP contribution in [0, 0.1) is 5.82 Å². The Balaban J connectivity index is 1.62. The molecule has 1 N–H and O–H groups in total. The van der Waals surface area contributed by atoms with E-state index in [2.05, 4.69) is 54.4 Å². The highest BCUT2D eigenvalue weighted by atomic mass is 19.1. The number of allylic oxidation sites excluding steroid dienone is 1. The van der Waals surface area contributed by atoms with Gasteiger partial charge in [0, 0.05) is 67.9 Å². The second kappa shape index (κ2) is 9.36. The van der Waals surface area contributed by atoms with Crippen LogP contribution in [0.5, 0.6) is 0 Å². The Morgan fingerprint density at radius 3 is 2.63 bits per heavy atom. The van der Waals surface area contributed by atoms with Gasteiger partial charge in [-0.05, 0) is 49.8 Å². The highest BCUT2D eigenvalue weighted by Crippen LogP contribution is 2.40. The van der Waals surface area contributed by atoms with Gasteiger partial charge in [-0.15, -0.1) is 0 Å². The maximum Gasteiger partial charge on any atom is 0.157 e. The zero-order chi connectivity index (χ0) is 24.7. The van der Waals surface area contributed by atoms with Gasteiger partial charge in [0.05, 0.1) is 11.7 Å². The van der Waals surface area contributed by atoms with Crippen LogP contribution in [0.25, 0.3) is 11.3 Å². The van der Waals surface area contributed by atoms with Crippen molar-refractivity contribution in [3.8, 4) is 0 Å². The molecular formula is C28H35FN6. The van der Waals surface area contributed by atoms with Gasteiger partial charge in [0.2, 0.25) is 0 Å². The predicted octanol–water partition coefficient (Wildman–Crippen LogP) is 5.29. The summed E-state index contributed by atoms with van der Waals surface area (Å²) in [7, 11) is 4.13. The Morgan fingerprint density at radius 1 is 1.09 bits per heavy atom. The van der Waals surface area contributed by atoms with Crippen molar-refractivity contribution >= 4 is 17.2 Å². The molecule has 0 saturated heterocycles.